The predicted molar refractivity (Wildman–Crippen MR) is 47.3 cm³/mol. The number of rotatable bonds is 7. The first kappa shape index (κ1) is 13.3. The molecule has 0 aromatic heterocycles. The zero-order chi connectivity index (χ0) is 11.0. The van der Waals surface area contributed by atoms with Crippen LogP contribution in [-0.4, -0.2) is 31.7 Å². The fourth-order valence-electron chi connectivity index (χ4n) is 0.956. The summed E-state index contributed by atoms with van der Waals surface area (Å²) >= 11 is 0. The van der Waals surface area contributed by atoms with Gasteiger partial charge < -0.3 is 9.47 Å². The molecular weight excluding hydrogens is 194 g/mol. The number of hydrogen-bond acceptors (Lipinski definition) is 3. The van der Waals surface area contributed by atoms with E-state index < -0.39 is 25.1 Å². The first-order chi connectivity index (χ1) is 6.61. The topological polar surface area (TPSA) is 35.5 Å². The second-order valence-electron chi connectivity index (χ2n) is 2.75. The molecule has 0 spiro atoms. The van der Waals surface area contributed by atoms with Crippen molar-refractivity contribution in [3.05, 3.63) is 0 Å². The normalized spacial score (nSPS) is 12.9. The SMILES string of the molecule is CCCC(OCC(F)F)C(=O)OCC. The molecule has 1 unspecified atom stereocenters. The lowest BCUT2D eigenvalue weighted by Crippen LogP contribution is -2.28. The van der Waals surface area contributed by atoms with E-state index in [-0.39, 0.29) is 6.61 Å². The summed E-state index contributed by atoms with van der Waals surface area (Å²) in [5.41, 5.74) is 0. The van der Waals surface area contributed by atoms with Gasteiger partial charge in [-0.05, 0) is 13.3 Å². The van der Waals surface area contributed by atoms with Crippen molar-refractivity contribution in [3.63, 3.8) is 0 Å². The van der Waals surface area contributed by atoms with E-state index in [2.05, 4.69) is 4.74 Å². The summed E-state index contributed by atoms with van der Waals surface area (Å²) in [6, 6.07) is 0. The summed E-state index contributed by atoms with van der Waals surface area (Å²) < 4.78 is 33.0. The highest BCUT2D eigenvalue weighted by atomic mass is 19.3. The molecule has 0 radical (unpaired) electrons. The highest BCUT2D eigenvalue weighted by molar-refractivity contribution is 5.74. The molecule has 0 aliphatic carbocycles. The van der Waals surface area contributed by atoms with Crippen molar-refractivity contribution in [1.29, 1.82) is 0 Å². The van der Waals surface area contributed by atoms with Gasteiger partial charge in [-0.2, -0.15) is 0 Å². The Morgan fingerprint density at radius 2 is 2.00 bits per heavy atom. The molecule has 5 heteroatoms. The van der Waals surface area contributed by atoms with Crippen LogP contribution in [0.2, 0.25) is 0 Å². The Hall–Kier alpha value is -0.710. The summed E-state index contributed by atoms with van der Waals surface area (Å²) in [6.07, 6.45) is -2.31. The molecule has 0 N–H and O–H groups in total. The van der Waals surface area contributed by atoms with E-state index in [0.717, 1.165) is 0 Å². The van der Waals surface area contributed by atoms with Gasteiger partial charge in [-0.1, -0.05) is 13.3 Å². The maximum atomic E-state index is 11.8. The summed E-state index contributed by atoms with van der Waals surface area (Å²) in [4.78, 5) is 11.2. The first-order valence-corrected chi connectivity index (χ1v) is 4.68. The Kier molecular flexibility index (Phi) is 7.28. The molecule has 0 saturated heterocycles. The minimum atomic E-state index is -2.55. The average molecular weight is 210 g/mol. The van der Waals surface area contributed by atoms with Crippen molar-refractivity contribution in [3.8, 4) is 0 Å². The van der Waals surface area contributed by atoms with E-state index in [9.17, 15) is 13.6 Å². The number of alkyl halides is 2. The molecule has 0 saturated carbocycles. The number of carbonyl (C=O) groups is 1. The second-order valence-corrected chi connectivity index (χ2v) is 2.75. The van der Waals surface area contributed by atoms with Gasteiger partial charge in [0.05, 0.1) is 6.61 Å². The lowest BCUT2D eigenvalue weighted by atomic mass is 10.2. The molecule has 0 rings (SSSR count). The molecule has 1 atom stereocenters. The predicted octanol–water partition coefficient (Wildman–Crippen LogP) is 2.00. The van der Waals surface area contributed by atoms with Gasteiger partial charge in [0.25, 0.3) is 6.43 Å². The quantitative estimate of drug-likeness (QED) is 0.603. The van der Waals surface area contributed by atoms with E-state index in [1.165, 1.54) is 0 Å². The largest absolute Gasteiger partial charge is 0.464 e. The van der Waals surface area contributed by atoms with Gasteiger partial charge in [-0.15, -0.1) is 0 Å². The maximum Gasteiger partial charge on any atom is 0.335 e. The molecule has 0 aliphatic heterocycles. The van der Waals surface area contributed by atoms with E-state index in [1.807, 2.05) is 6.92 Å². The second kappa shape index (κ2) is 7.67. The fourth-order valence-corrected chi connectivity index (χ4v) is 0.956. The number of halogens is 2. The van der Waals surface area contributed by atoms with Gasteiger partial charge in [-0.25, -0.2) is 13.6 Å². The smallest absolute Gasteiger partial charge is 0.335 e. The molecule has 3 nitrogen and oxygen atoms in total. The van der Waals surface area contributed by atoms with Crippen molar-refractivity contribution >= 4 is 5.97 Å². The minimum Gasteiger partial charge on any atom is -0.464 e. The highest BCUT2D eigenvalue weighted by Crippen LogP contribution is 2.06. The Morgan fingerprint density at radius 3 is 2.43 bits per heavy atom. The third kappa shape index (κ3) is 5.85. The van der Waals surface area contributed by atoms with E-state index in [4.69, 9.17) is 4.74 Å². The summed E-state index contributed by atoms with van der Waals surface area (Å²) in [5, 5.41) is 0. The van der Waals surface area contributed by atoms with Crippen LogP contribution in [0.5, 0.6) is 0 Å². The van der Waals surface area contributed by atoms with Crippen molar-refractivity contribution in [2.45, 2.75) is 39.2 Å². The van der Waals surface area contributed by atoms with Gasteiger partial charge in [0.2, 0.25) is 0 Å². The molecule has 0 aromatic rings. The average Bonchev–Trinajstić information content (AvgIpc) is 2.12. The van der Waals surface area contributed by atoms with Crippen molar-refractivity contribution in [2.75, 3.05) is 13.2 Å². The van der Waals surface area contributed by atoms with Crippen molar-refractivity contribution < 1.29 is 23.0 Å². The van der Waals surface area contributed by atoms with Crippen LogP contribution in [0.3, 0.4) is 0 Å². The summed E-state index contributed by atoms with van der Waals surface area (Å²) in [6.45, 7) is 3.02. The summed E-state index contributed by atoms with van der Waals surface area (Å²) in [7, 11) is 0. The Balaban J connectivity index is 3.93. The van der Waals surface area contributed by atoms with Gasteiger partial charge in [0.1, 0.15) is 6.61 Å². The van der Waals surface area contributed by atoms with Crippen molar-refractivity contribution in [1.82, 2.24) is 0 Å². The van der Waals surface area contributed by atoms with Crippen LogP contribution in [0, 0.1) is 0 Å². The first-order valence-electron chi connectivity index (χ1n) is 4.68. The highest BCUT2D eigenvalue weighted by Gasteiger charge is 2.20. The van der Waals surface area contributed by atoms with E-state index in [1.54, 1.807) is 6.92 Å². The molecule has 84 valence electrons. The number of ether oxygens (including phenoxy) is 2. The van der Waals surface area contributed by atoms with Crippen LogP contribution in [0.25, 0.3) is 0 Å². The van der Waals surface area contributed by atoms with E-state index in [0.29, 0.717) is 12.8 Å². The van der Waals surface area contributed by atoms with Crippen LogP contribution in [-0.2, 0) is 14.3 Å². The fraction of sp³-hybridized carbons (Fsp3) is 0.889. The molecule has 0 amide bonds. The summed E-state index contributed by atoms with van der Waals surface area (Å²) in [5.74, 6) is -0.560. The van der Waals surface area contributed by atoms with Crippen LogP contribution in [0.15, 0.2) is 0 Å². The Morgan fingerprint density at radius 1 is 1.36 bits per heavy atom. The molecule has 14 heavy (non-hydrogen) atoms. The third-order valence-electron chi connectivity index (χ3n) is 1.52. The lowest BCUT2D eigenvalue weighted by molar-refractivity contribution is -0.159. The van der Waals surface area contributed by atoms with Crippen LogP contribution < -0.4 is 0 Å². The van der Waals surface area contributed by atoms with Gasteiger partial charge in [0.15, 0.2) is 6.10 Å². The standard InChI is InChI=1S/C9H16F2O3/c1-3-5-7(9(12)13-4-2)14-6-8(10)11/h7-8H,3-6H2,1-2H3. The van der Waals surface area contributed by atoms with Gasteiger partial charge in [-0.3, -0.25) is 0 Å². The van der Waals surface area contributed by atoms with E-state index >= 15 is 0 Å². The zero-order valence-corrected chi connectivity index (χ0v) is 8.46. The van der Waals surface area contributed by atoms with Crippen LogP contribution in [0.1, 0.15) is 26.7 Å². The third-order valence-corrected chi connectivity index (χ3v) is 1.52. The number of carbonyl (C=O) groups excluding carboxylic acids is 1. The number of esters is 1. The number of hydrogen-bond donors (Lipinski definition) is 0. The van der Waals surface area contributed by atoms with Crippen LogP contribution >= 0.6 is 0 Å². The Bertz CT molecular complexity index is 162. The molecular formula is C9H16F2O3. The Labute approximate surface area is 82.4 Å². The maximum absolute atomic E-state index is 11.8. The molecule has 0 aliphatic rings. The lowest BCUT2D eigenvalue weighted by Gasteiger charge is -2.15. The minimum absolute atomic E-state index is 0.233. The van der Waals surface area contributed by atoms with Gasteiger partial charge >= 0.3 is 5.97 Å². The molecule has 0 heterocycles. The molecule has 0 aromatic carbocycles. The van der Waals surface area contributed by atoms with Gasteiger partial charge in [0, 0.05) is 0 Å². The molecule has 0 bridgehead atoms. The van der Waals surface area contributed by atoms with Crippen LogP contribution in [0.4, 0.5) is 8.78 Å². The monoisotopic (exact) mass is 210 g/mol. The zero-order valence-electron chi connectivity index (χ0n) is 8.46. The molecule has 0 fully saturated rings. The van der Waals surface area contributed by atoms with Crippen molar-refractivity contribution in [2.24, 2.45) is 0 Å².